The van der Waals surface area contributed by atoms with Gasteiger partial charge in [-0.1, -0.05) is 31.7 Å². The van der Waals surface area contributed by atoms with Crippen LogP contribution in [0.5, 0.6) is 0 Å². The molecule has 0 bridgehead atoms. The molecule has 1 aromatic rings. The lowest BCUT2D eigenvalue weighted by atomic mass is 9.95. The molecule has 0 N–H and O–H groups in total. The Labute approximate surface area is 84.5 Å². The maximum absolute atomic E-state index is 11.4. The standard InChI is InChI=1S/C13H14O/c1-3-12(14)10-5-4-6-11(9-10)13(2)7-8-13/h3-6,9H,1,7-8H2,2H3. The summed E-state index contributed by atoms with van der Waals surface area (Å²) >= 11 is 0. The summed E-state index contributed by atoms with van der Waals surface area (Å²) in [5.74, 6) is 0.0103. The van der Waals surface area contributed by atoms with Crippen molar-refractivity contribution in [1.82, 2.24) is 0 Å². The molecule has 72 valence electrons. The Balaban J connectivity index is 2.36. The molecule has 0 heterocycles. The van der Waals surface area contributed by atoms with Crippen LogP contribution in [-0.4, -0.2) is 5.78 Å². The monoisotopic (exact) mass is 186 g/mol. The van der Waals surface area contributed by atoms with E-state index in [4.69, 9.17) is 0 Å². The molecule has 0 amide bonds. The van der Waals surface area contributed by atoms with Crippen LogP contribution < -0.4 is 0 Å². The van der Waals surface area contributed by atoms with Crippen molar-refractivity contribution < 1.29 is 4.79 Å². The molecule has 0 unspecified atom stereocenters. The van der Waals surface area contributed by atoms with Gasteiger partial charge in [-0.25, -0.2) is 0 Å². The lowest BCUT2D eigenvalue weighted by molar-refractivity contribution is 0.104. The molecule has 1 aromatic carbocycles. The largest absolute Gasteiger partial charge is 0.289 e. The molecule has 1 aliphatic carbocycles. The summed E-state index contributed by atoms with van der Waals surface area (Å²) in [6.07, 6.45) is 3.84. The molecular weight excluding hydrogens is 172 g/mol. The first-order valence-corrected chi connectivity index (χ1v) is 4.93. The van der Waals surface area contributed by atoms with E-state index in [0.29, 0.717) is 5.41 Å². The molecule has 0 aromatic heterocycles. The van der Waals surface area contributed by atoms with Crippen LogP contribution in [0.3, 0.4) is 0 Å². The van der Waals surface area contributed by atoms with E-state index in [1.807, 2.05) is 18.2 Å². The second kappa shape index (κ2) is 3.09. The summed E-state index contributed by atoms with van der Waals surface area (Å²) < 4.78 is 0. The van der Waals surface area contributed by atoms with Gasteiger partial charge in [0.15, 0.2) is 5.78 Å². The van der Waals surface area contributed by atoms with Crippen molar-refractivity contribution >= 4 is 5.78 Å². The summed E-state index contributed by atoms with van der Waals surface area (Å²) in [6, 6.07) is 7.90. The molecule has 0 radical (unpaired) electrons. The Morgan fingerprint density at radius 3 is 2.79 bits per heavy atom. The summed E-state index contributed by atoms with van der Waals surface area (Å²) in [5.41, 5.74) is 2.37. The molecule has 1 nitrogen and oxygen atoms in total. The Morgan fingerprint density at radius 1 is 1.50 bits per heavy atom. The van der Waals surface area contributed by atoms with Crippen molar-refractivity contribution in [2.75, 3.05) is 0 Å². The molecule has 14 heavy (non-hydrogen) atoms. The predicted molar refractivity (Wildman–Crippen MR) is 57.6 cm³/mol. The Kier molecular flexibility index (Phi) is 2.03. The number of allylic oxidation sites excluding steroid dienone is 1. The first-order valence-electron chi connectivity index (χ1n) is 4.93. The van der Waals surface area contributed by atoms with E-state index >= 15 is 0 Å². The topological polar surface area (TPSA) is 17.1 Å². The molecule has 0 saturated heterocycles. The van der Waals surface area contributed by atoms with E-state index in [2.05, 4.69) is 19.6 Å². The Morgan fingerprint density at radius 2 is 2.21 bits per heavy atom. The van der Waals surface area contributed by atoms with Gasteiger partial charge in [0.2, 0.25) is 0 Å². The van der Waals surface area contributed by atoms with Gasteiger partial charge in [-0.05, 0) is 36.0 Å². The molecule has 1 heteroatoms. The maximum atomic E-state index is 11.4. The Hall–Kier alpha value is -1.37. The van der Waals surface area contributed by atoms with E-state index in [0.717, 1.165) is 5.56 Å². The molecule has 1 aliphatic rings. The van der Waals surface area contributed by atoms with Gasteiger partial charge in [0.1, 0.15) is 0 Å². The van der Waals surface area contributed by atoms with Crippen molar-refractivity contribution in [1.29, 1.82) is 0 Å². The second-order valence-electron chi connectivity index (χ2n) is 4.21. The van der Waals surface area contributed by atoms with Crippen LogP contribution in [0.1, 0.15) is 35.7 Å². The van der Waals surface area contributed by atoms with Gasteiger partial charge < -0.3 is 0 Å². The fourth-order valence-electron chi connectivity index (χ4n) is 1.64. The lowest BCUT2D eigenvalue weighted by Gasteiger charge is -2.09. The molecule has 2 rings (SSSR count). The fraction of sp³-hybridized carbons (Fsp3) is 0.308. The SMILES string of the molecule is C=CC(=O)c1cccc(C2(C)CC2)c1. The highest BCUT2D eigenvalue weighted by molar-refractivity contribution is 6.04. The van der Waals surface area contributed by atoms with Crippen molar-refractivity contribution in [3.63, 3.8) is 0 Å². The molecule has 1 fully saturated rings. The smallest absolute Gasteiger partial charge is 0.185 e. The third-order valence-corrected chi connectivity index (χ3v) is 3.03. The molecule has 1 saturated carbocycles. The number of hydrogen-bond acceptors (Lipinski definition) is 1. The number of benzene rings is 1. The average Bonchev–Trinajstić information content (AvgIpc) is 2.97. The number of hydrogen-bond donors (Lipinski definition) is 0. The predicted octanol–water partition coefficient (Wildman–Crippen LogP) is 3.11. The minimum Gasteiger partial charge on any atom is -0.289 e. The minimum absolute atomic E-state index is 0.0103. The molecule has 0 atom stereocenters. The third kappa shape index (κ3) is 1.50. The van der Waals surface area contributed by atoms with E-state index in [1.165, 1.54) is 24.5 Å². The highest BCUT2D eigenvalue weighted by atomic mass is 16.1. The first kappa shape index (κ1) is 9.20. The number of ketones is 1. The van der Waals surface area contributed by atoms with Crippen LogP contribution in [0.25, 0.3) is 0 Å². The average molecular weight is 186 g/mol. The quantitative estimate of drug-likeness (QED) is 0.523. The van der Waals surface area contributed by atoms with Gasteiger partial charge in [-0.2, -0.15) is 0 Å². The molecule has 0 aliphatic heterocycles. The normalized spacial score (nSPS) is 17.5. The third-order valence-electron chi connectivity index (χ3n) is 3.03. The van der Waals surface area contributed by atoms with Crippen molar-refractivity contribution in [3.8, 4) is 0 Å². The second-order valence-corrected chi connectivity index (χ2v) is 4.21. The number of rotatable bonds is 3. The number of carbonyl (C=O) groups excluding carboxylic acids is 1. The number of carbonyl (C=O) groups is 1. The summed E-state index contributed by atoms with van der Waals surface area (Å²) in [6.45, 7) is 5.74. The van der Waals surface area contributed by atoms with E-state index < -0.39 is 0 Å². The minimum atomic E-state index is 0.0103. The van der Waals surface area contributed by atoms with Gasteiger partial charge in [-0.3, -0.25) is 4.79 Å². The highest BCUT2D eigenvalue weighted by Crippen LogP contribution is 2.47. The van der Waals surface area contributed by atoms with Crippen molar-refractivity contribution in [2.45, 2.75) is 25.2 Å². The highest BCUT2D eigenvalue weighted by Gasteiger charge is 2.38. The van der Waals surface area contributed by atoms with Crippen molar-refractivity contribution in [2.24, 2.45) is 0 Å². The van der Waals surface area contributed by atoms with Gasteiger partial charge in [0.05, 0.1) is 0 Å². The molecule has 0 spiro atoms. The van der Waals surface area contributed by atoms with Crippen LogP contribution in [0.2, 0.25) is 0 Å². The fourth-order valence-corrected chi connectivity index (χ4v) is 1.64. The zero-order chi connectivity index (χ0) is 10.2. The van der Waals surface area contributed by atoms with Crippen LogP contribution >= 0.6 is 0 Å². The van der Waals surface area contributed by atoms with Crippen molar-refractivity contribution in [3.05, 3.63) is 48.0 Å². The van der Waals surface area contributed by atoms with Gasteiger partial charge >= 0.3 is 0 Å². The van der Waals surface area contributed by atoms with Crippen LogP contribution in [0.4, 0.5) is 0 Å². The maximum Gasteiger partial charge on any atom is 0.185 e. The summed E-state index contributed by atoms with van der Waals surface area (Å²) in [5, 5.41) is 0. The van der Waals surface area contributed by atoms with E-state index in [9.17, 15) is 4.79 Å². The van der Waals surface area contributed by atoms with Crippen LogP contribution in [-0.2, 0) is 5.41 Å². The Bertz CT molecular complexity index is 386. The summed E-state index contributed by atoms with van der Waals surface area (Å²) in [4.78, 5) is 11.4. The van der Waals surface area contributed by atoms with Crippen LogP contribution in [0, 0.1) is 0 Å². The van der Waals surface area contributed by atoms with Gasteiger partial charge in [0, 0.05) is 5.56 Å². The zero-order valence-corrected chi connectivity index (χ0v) is 8.42. The lowest BCUT2D eigenvalue weighted by Crippen LogP contribution is -2.02. The van der Waals surface area contributed by atoms with Gasteiger partial charge in [-0.15, -0.1) is 0 Å². The van der Waals surface area contributed by atoms with E-state index in [-0.39, 0.29) is 5.78 Å². The first-order chi connectivity index (χ1) is 6.65. The zero-order valence-electron chi connectivity index (χ0n) is 8.42. The van der Waals surface area contributed by atoms with Crippen LogP contribution in [0.15, 0.2) is 36.9 Å². The van der Waals surface area contributed by atoms with E-state index in [1.54, 1.807) is 0 Å². The summed E-state index contributed by atoms with van der Waals surface area (Å²) in [7, 11) is 0. The molecular formula is C13H14O. The van der Waals surface area contributed by atoms with Gasteiger partial charge in [0.25, 0.3) is 0 Å².